The fourth-order valence-corrected chi connectivity index (χ4v) is 4.08. The number of benzene rings is 1. The molecule has 0 fully saturated rings. The van der Waals surface area contributed by atoms with E-state index in [9.17, 15) is 13.2 Å². The smallest absolute Gasteiger partial charge is 0.241 e. The Labute approximate surface area is 134 Å². The Bertz CT molecular complexity index is 717. The minimum Gasteiger partial charge on any atom is -0.302 e. The van der Waals surface area contributed by atoms with Crippen LogP contribution in [0.25, 0.3) is 0 Å². The molecule has 0 bridgehead atoms. The molecule has 2 N–H and O–H groups in total. The molecule has 1 amide bonds. The minimum atomic E-state index is -3.64. The number of carbonyl (C=O) groups is 1. The number of halogens is 1. The molecule has 0 unspecified atom stereocenters. The van der Waals surface area contributed by atoms with Crippen LogP contribution in [0.15, 0.2) is 45.2 Å². The molecule has 112 valence electrons. The Kier molecular flexibility index (Phi) is 5.45. The van der Waals surface area contributed by atoms with Gasteiger partial charge in [0.05, 0.1) is 4.90 Å². The first-order chi connectivity index (χ1) is 9.99. The second-order valence-corrected chi connectivity index (χ2v) is 7.45. The summed E-state index contributed by atoms with van der Waals surface area (Å²) >= 11 is 4.49. The van der Waals surface area contributed by atoms with E-state index in [2.05, 4.69) is 31.0 Å². The zero-order valence-corrected chi connectivity index (χ0v) is 14.0. The molecule has 1 aromatic carbocycles. The number of nitrogens with one attached hydrogen (secondary N) is 2. The molecule has 9 heteroatoms. The topological polar surface area (TPSA) is 88.2 Å². The van der Waals surface area contributed by atoms with E-state index >= 15 is 0 Å². The molecule has 0 aliphatic rings. The number of nitrogens with zero attached hydrogens (tertiary/aromatic N) is 1. The van der Waals surface area contributed by atoms with E-state index in [4.69, 9.17) is 0 Å². The summed E-state index contributed by atoms with van der Waals surface area (Å²) in [4.78, 5) is 15.7. The van der Waals surface area contributed by atoms with E-state index in [1.165, 1.54) is 17.4 Å². The molecule has 0 spiro atoms. The third-order valence-electron chi connectivity index (χ3n) is 2.45. The molecule has 6 nitrogen and oxygen atoms in total. The van der Waals surface area contributed by atoms with Crippen molar-refractivity contribution in [3.8, 4) is 0 Å². The van der Waals surface area contributed by atoms with Crippen molar-refractivity contribution >= 4 is 48.3 Å². The Balaban J connectivity index is 1.88. The zero-order valence-electron chi connectivity index (χ0n) is 10.7. The number of thiazole rings is 1. The van der Waals surface area contributed by atoms with Crippen LogP contribution in [0.5, 0.6) is 0 Å². The summed E-state index contributed by atoms with van der Waals surface area (Å²) < 4.78 is 27.0. The summed E-state index contributed by atoms with van der Waals surface area (Å²) in [7, 11) is -3.64. The maximum Gasteiger partial charge on any atom is 0.241 e. The number of sulfonamides is 1. The van der Waals surface area contributed by atoms with E-state index in [0.717, 1.165) is 0 Å². The van der Waals surface area contributed by atoms with Gasteiger partial charge in [-0.1, -0.05) is 12.1 Å². The van der Waals surface area contributed by atoms with E-state index < -0.39 is 10.0 Å². The lowest BCUT2D eigenvalue weighted by Gasteiger charge is -2.08. The van der Waals surface area contributed by atoms with Crippen molar-refractivity contribution in [1.82, 2.24) is 9.71 Å². The van der Waals surface area contributed by atoms with Crippen LogP contribution in [0.4, 0.5) is 5.13 Å². The molecule has 2 aromatic rings. The lowest BCUT2D eigenvalue weighted by Crippen LogP contribution is -2.28. The highest BCUT2D eigenvalue weighted by Gasteiger charge is 2.17. The number of rotatable bonds is 6. The maximum absolute atomic E-state index is 12.1. The molecular weight excluding hydrogens is 378 g/mol. The summed E-state index contributed by atoms with van der Waals surface area (Å²) in [6.07, 6.45) is 1.61. The summed E-state index contributed by atoms with van der Waals surface area (Å²) in [5.41, 5.74) is 0. The highest BCUT2D eigenvalue weighted by molar-refractivity contribution is 9.10. The van der Waals surface area contributed by atoms with Gasteiger partial charge in [0.15, 0.2) is 5.13 Å². The van der Waals surface area contributed by atoms with Crippen LogP contribution in [0, 0.1) is 0 Å². The molecule has 21 heavy (non-hydrogen) atoms. The SMILES string of the molecule is O=C(CCNS(=O)(=O)c1ccccc1Br)Nc1nccs1. The van der Waals surface area contributed by atoms with Gasteiger partial charge in [-0.05, 0) is 28.1 Å². The van der Waals surface area contributed by atoms with Gasteiger partial charge in [-0.15, -0.1) is 11.3 Å². The number of hydrogen-bond donors (Lipinski definition) is 2. The highest BCUT2D eigenvalue weighted by atomic mass is 79.9. The first-order valence-corrected chi connectivity index (χ1v) is 9.08. The van der Waals surface area contributed by atoms with Crippen molar-refractivity contribution in [2.45, 2.75) is 11.3 Å². The van der Waals surface area contributed by atoms with Crippen LogP contribution in [0.3, 0.4) is 0 Å². The first-order valence-electron chi connectivity index (χ1n) is 5.92. The molecule has 0 radical (unpaired) electrons. The van der Waals surface area contributed by atoms with Gasteiger partial charge in [0.1, 0.15) is 0 Å². The molecule has 1 aromatic heterocycles. The lowest BCUT2D eigenvalue weighted by molar-refractivity contribution is -0.116. The van der Waals surface area contributed by atoms with E-state index in [1.54, 1.807) is 29.8 Å². The fourth-order valence-electron chi connectivity index (χ4n) is 1.51. The summed E-state index contributed by atoms with van der Waals surface area (Å²) in [6, 6.07) is 6.49. The summed E-state index contributed by atoms with van der Waals surface area (Å²) in [5, 5.41) is 4.82. The molecule has 2 rings (SSSR count). The number of anilines is 1. The molecule has 1 heterocycles. The van der Waals surface area contributed by atoms with Gasteiger partial charge >= 0.3 is 0 Å². The standard InChI is InChI=1S/C12H12BrN3O3S2/c13-9-3-1-2-4-10(9)21(18,19)15-6-5-11(17)16-12-14-7-8-20-12/h1-4,7-8,15H,5-6H2,(H,14,16,17). The van der Waals surface area contributed by atoms with Gasteiger partial charge in [0.2, 0.25) is 15.9 Å². The van der Waals surface area contributed by atoms with E-state index in [1.807, 2.05) is 0 Å². The number of carbonyl (C=O) groups excluding carboxylic acids is 1. The molecule has 0 saturated heterocycles. The molecule has 0 aliphatic heterocycles. The summed E-state index contributed by atoms with van der Waals surface area (Å²) in [6.45, 7) is 0.0148. The third-order valence-corrected chi connectivity index (χ3v) is 5.61. The van der Waals surface area contributed by atoms with E-state index in [-0.39, 0.29) is 23.8 Å². The van der Waals surface area contributed by atoms with Gasteiger partial charge in [0.25, 0.3) is 0 Å². The van der Waals surface area contributed by atoms with Gasteiger partial charge in [0, 0.05) is 29.0 Å². The molecule has 0 atom stereocenters. The van der Waals surface area contributed by atoms with Crippen LogP contribution in [-0.2, 0) is 14.8 Å². The second kappa shape index (κ2) is 7.12. The predicted octanol–water partition coefficient (Wildman–Crippen LogP) is 2.21. The Hall–Kier alpha value is -1.29. The molecule has 0 saturated carbocycles. The van der Waals surface area contributed by atoms with Gasteiger partial charge < -0.3 is 5.32 Å². The van der Waals surface area contributed by atoms with Crippen LogP contribution in [0.2, 0.25) is 0 Å². The zero-order chi connectivity index (χ0) is 15.3. The maximum atomic E-state index is 12.1. The predicted molar refractivity (Wildman–Crippen MR) is 84.7 cm³/mol. The third kappa shape index (κ3) is 4.60. The largest absolute Gasteiger partial charge is 0.302 e. The number of aromatic nitrogens is 1. The van der Waals surface area contributed by atoms with Crippen molar-refractivity contribution in [1.29, 1.82) is 0 Å². The van der Waals surface area contributed by atoms with Crippen molar-refractivity contribution in [3.63, 3.8) is 0 Å². The minimum absolute atomic E-state index is 0.0148. The van der Waals surface area contributed by atoms with Crippen LogP contribution in [0.1, 0.15) is 6.42 Å². The average molecular weight is 390 g/mol. The van der Waals surface area contributed by atoms with Crippen LogP contribution < -0.4 is 10.0 Å². The van der Waals surface area contributed by atoms with Crippen molar-refractivity contribution in [2.75, 3.05) is 11.9 Å². The van der Waals surface area contributed by atoms with Crippen molar-refractivity contribution in [3.05, 3.63) is 40.3 Å². The second-order valence-electron chi connectivity index (χ2n) is 3.96. The number of hydrogen-bond acceptors (Lipinski definition) is 5. The monoisotopic (exact) mass is 389 g/mol. The average Bonchev–Trinajstić information content (AvgIpc) is 2.91. The molecule has 0 aliphatic carbocycles. The lowest BCUT2D eigenvalue weighted by atomic mass is 10.4. The Morgan fingerprint density at radius 2 is 2.10 bits per heavy atom. The van der Waals surface area contributed by atoms with Crippen LogP contribution in [-0.4, -0.2) is 25.9 Å². The Morgan fingerprint density at radius 3 is 2.76 bits per heavy atom. The quantitative estimate of drug-likeness (QED) is 0.792. The van der Waals surface area contributed by atoms with Gasteiger partial charge in [-0.25, -0.2) is 18.1 Å². The normalized spacial score (nSPS) is 11.3. The van der Waals surface area contributed by atoms with Gasteiger partial charge in [-0.3, -0.25) is 4.79 Å². The van der Waals surface area contributed by atoms with Crippen molar-refractivity contribution in [2.24, 2.45) is 0 Å². The summed E-state index contributed by atoms with van der Waals surface area (Å²) in [5.74, 6) is -0.292. The fraction of sp³-hybridized carbons (Fsp3) is 0.167. The van der Waals surface area contributed by atoms with Gasteiger partial charge in [-0.2, -0.15) is 0 Å². The Morgan fingerprint density at radius 1 is 1.33 bits per heavy atom. The molecular formula is C12H12BrN3O3S2. The highest BCUT2D eigenvalue weighted by Crippen LogP contribution is 2.20. The van der Waals surface area contributed by atoms with Crippen molar-refractivity contribution < 1.29 is 13.2 Å². The number of amides is 1. The van der Waals surface area contributed by atoms with E-state index in [0.29, 0.717) is 9.60 Å². The first kappa shape index (κ1) is 16.1. The van der Waals surface area contributed by atoms with Crippen LogP contribution >= 0.6 is 27.3 Å².